The van der Waals surface area contributed by atoms with Crippen LogP contribution >= 0.6 is 0 Å². The number of carbonyl (C=O) groups is 1. The Morgan fingerprint density at radius 1 is 1.50 bits per heavy atom. The highest BCUT2D eigenvalue weighted by molar-refractivity contribution is 5.98. The van der Waals surface area contributed by atoms with E-state index in [9.17, 15) is 4.79 Å². The Bertz CT molecular complexity index is 504. The number of rotatable bonds is 3. The minimum Gasteiger partial charge on any atom is -0.491 e. The van der Waals surface area contributed by atoms with Crippen molar-refractivity contribution in [3.8, 4) is 5.75 Å². The van der Waals surface area contributed by atoms with Crippen LogP contribution < -0.4 is 15.0 Å². The topological polar surface area (TPSA) is 50.8 Å². The summed E-state index contributed by atoms with van der Waals surface area (Å²) >= 11 is 0. The van der Waals surface area contributed by atoms with Gasteiger partial charge in [0.2, 0.25) is 5.91 Å². The maximum atomic E-state index is 12.1. The molecule has 0 spiro atoms. The Morgan fingerprint density at radius 3 is 3.25 bits per heavy atom. The fraction of sp³-hybridized carbons (Fsp3) is 0.533. The maximum Gasteiger partial charge on any atom is 0.226 e. The van der Waals surface area contributed by atoms with Gasteiger partial charge in [0.1, 0.15) is 11.4 Å². The molecule has 3 rings (SSSR count). The van der Waals surface area contributed by atoms with Gasteiger partial charge in [-0.15, -0.1) is 0 Å². The highest BCUT2D eigenvalue weighted by atomic mass is 16.5. The highest BCUT2D eigenvalue weighted by Gasteiger charge is 2.31. The third-order valence-corrected chi connectivity index (χ3v) is 3.69. The van der Waals surface area contributed by atoms with E-state index in [1.165, 1.54) is 0 Å². The molecule has 2 aliphatic heterocycles. The lowest BCUT2D eigenvalue weighted by molar-refractivity contribution is -0.116. The molecule has 1 unspecified atom stereocenters. The molecular weight excluding hydrogens is 256 g/mol. The molecule has 0 aromatic heterocycles. The first-order chi connectivity index (χ1) is 9.79. The smallest absolute Gasteiger partial charge is 0.226 e. The second-order valence-corrected chi connectivity index (χ2v) is 5.17. The molecule has 108 valence electrons. The van der Waals surface area contributed by atoms with Crippen LogP contribution in [0.1, 0.15) is 19.8 Å². The number of para-hydroxylation sites is 1. The first kappa shape index (κ1) is 13.2. The van der Waals surface area contributed by atoms with Gasteiger partial charge in [-0.2, -0.15) is 0 Å². The molecule has 1 N–H and O–H groups in total. The molecule has 0 bridgehead atoms. The van der Waals surface area contributed by atoms with Crippen molar-refractivity contribution in [2.45, 2.75) is 25.8 Å². The number of fused-ring (bicyclic) bond motifs is 3. The van der Waals surface area contributed by atoms with Crippen molar-refractivity contribution in [3.63, 3.8) is 0 Å². The van der Waals surface area contributed by atoms with E-state index in [1.807, 2.05) is 18.2 Å². The van der Waals surface area contributed by atoms with Gasteiger partial charge >= 0.3 is 0 Å². The van der Waals surface area contributed by atoms with Crippen molar-refractivity contribution in [2.24, 2.45) is 0 Å². The van der Waals surface area contributed by atoms with Crippen LogP contribution in [0.5, 0.6) is 5.75 Å². The number of nitrogens with one attached hydrogen (secondary N) is 1. The minimum absolute atomic E-state index is 0.0248. The summed E-state index contributed by atoms with van der Waals surface area (Å²) in [6.45, 7) is 4.83. The van der Waals surface area contributed by atoms with Crippen molar-refractivity contribution >= 4 is 17.3 Å². The second-order valence-electron chi connectivity index (χ2n) is 5.17. The number of nitrogens with zero attached hydrogens (tertiary/aromatic N) is 1. The SMILES string of the molecule is CCCOc1cccc2c1NC(=O)CC1COCCN21. The molecule has 1 atom stereocenters. The highest BCUT2D eigenvalue weighted by Crippen LogP contribution is 2.39. The van der Waals surface area contributed by atoms with Gasteiger partial charge in [-0.05, 0) is 18.6 Å². The molecule has 0 radical (unpaired) electrons. The summed E-state index contributed by atoms with van der Waals surface area (Å²) < 4.78 is 11.3. The lowest BCUT2D eigenvalue weighted by atomic mass is 10.1. The summed E-state index contributed by atoms with van der Waals surface area (Å²) in [5, 5.41) is 3.00. The van der Waals surface area contributed by atoms with Crippen molar-refractivity contribution < 1.29 is 14.3 Å². The fourth-order valence-electron chi connectivity index (χ4n) is 2.76. The van der Waals surface area contributed by atoms with Gasteiger partial charge in [0.15, 0.2) is 0 Å². The van der Waals surface area contributed by atoms with Crippen LogP contribution in [0.3, 0.4) is 0 Å². The zero-order chi connectivity index (χ0) is 13.9. The third-order valence-electron chi connectivity index (χ3n) is 3.69. The molecule has 1 aromatic rings. The van der Waals surface area contributed by atoms with Gasteiger partial charge < -0.3 is 19.7 Å². The molecule has 1 saturated heterocycles. The van der Waals surface area contributed by atoms with E-state index >= 15 is 0 Å². The zero-order valence-electron chi connectivity index (χ0n) is 11.7. The standard InChI is InChI=1S/C15H20N2O3/c1-2-7-20-13-5-3-4-12-15(13)16-14(18)9-11-10-19-8-6-17(11)12/h3-5,11H,2,6-10H2,1H3,(H,16,18). The van der Waals surface area contributed by atoms with Gasteiger partial charge in [0, 0.05) is 13.0 Å². The van der Waals surface area contributed by atoms with Gasteiger partial charge in [-0.3, -0.25) is 4.79 Å². The molecule has 20 heavy (non-hydrogen) atoms. The summed E-state index contributed by atoms with van der Waals surface area (Å²) in [6, 6.07) is 6.05. The number of hydrogen-bond donors (Lipinski definition) is 1. The number of benzene rings is 1. The Hall–Kier alpha value is -1.75. The maximum absolute atomic E-state index is 12.1. The Balaban J connectivity index is 1.99. The van der Waals surface area contributed by atoms with E-state index in [0.717, 1.165) is 30.1 Å². The van der Waals surface area contributed by atoms with Crippen molar-refractivity contribution in [3.05, 3.63) is 18.2 Å². The average Bonchev–Trinajstić information content (AvgIpc) is 2.61. The third kappa shape index (κ3) is 2.45. The molecule has 1 aromatic carbocycles. The lowest BCUT2D eigenvalue weighted by Gasteiger charge is -2.36. The number of ether oxygens (including phenoxy) is 2. The van der Waals surface area contributed by atoms with E-state index in [2.05, 4.69) is 17.1 Å². The molecule has 1 fully saturated rings. The minimum atomic E-state index is 0.0248. The molecule has 1 amide bonds. The summed E-state index contributed by atoms with van der Waals surface area (Å²) in [6.07, 6.45) is 1.40. The molecule has 5 nitrogen and oxygen atoms in total. The van der Waals surface area contributed by atoms with Crippen LogP contribution in [-0.4, -0.2) is 38.3 Å². The lowest BCUT2D eigenvalue weighted by Crippen LogP contribution is -2.45. The Kier molecular flexibility index (Phi) is 3.78. The number of carbonyl (C=O) groups excluding carboxylic acids is 1. The van der Waals surface area contributed by atoms with Crippen LogP contribution in [-0.2, 0) is 9.53 Å². The summed E-state index contributed by atoms with van der Waals surface area (Å²) in [4.78, 5) is 14.3. The van der Waals surface area contributed by atoms with E-state index in [-0.39, 0.29) is 11.9 Å². The van der Waals surface area contributed by atoms with Crippen LogP contribution in [0.25, 0.3) is 0 Å². The van der Waals surface area contributed by atoms with Crippen LogP contribution in [0.15, 0.2) is 18.2 Å². The zero-order valence-corrected chi connectivity index (χ0v) is 11.7. The predicted octanol–water partition coefficient (Wildman–Crippen LogP) is 2.02. The molecule has 0 aliphatic carbocycles. The Labute approximate surface area is 118 Å². The largest absolute Gasteiger partial charge is 0.491 e. The van der Waals surface area contributed by atoms with Gasteiger partial charge in [0.05, 0.1) is 31.5 Å². The van der Waals surface area contributed by atoms with Gasteiger partial charge in [-0.1, -0.05) is 13.0 Å². The number of morpholine rings is 1. The van der Waals surface area contributed by atoms with E-state index < -0.39 is 0 Å². The molecule has 0 saturated carbocycles. The molecular formula is C15H20N2O3. The first-order valence-corrected chi connectivity index (χ1v) is 7.19. The summed E-state index contributed by atoms with van der Waals surface area (Å²) in [5.74, 6) is 0.779. The quantitative estimate of drug-likeness (QED) is 0.917. The summed E-state index contributed by atoms with van der Waals surface area (Å²) in [7, 11) is 0. The van der Waals surface area contributed by atoms with Crippen LogP contribution in [0.2, 0.25) is 0 Å². The predicted molar refractivity (Wildman–Crippen MR) is 77.4 cm³/mol. The Morgan fingerprint density at radius 2 is 2.40 bits per heavy atom. The number of hydrogen-bond acceptors (Lipinski definition) is 4. The number of anilines is 2. The van der Waals surface area contributed by atoms with Gasteiger partial charge in [-0.25, -0.2) is 0 Å². The van der Waals surface area contributed by atoms with E-state index in [4.69, 9.17) is 9.47 Å². The van der Waals surface area contributed by atoms with E-state index in [0.29, 0.717) is 26.2 Å². The van der Waals surface area contributed by atoms with Crippen LogP contribution in [0.4, 0.5) is 11.4 Å². The summed E-state index contributed by atoms with van der Waals surface area (Å²) in [5.41, 5.74) is 1.84. The van der Waals surface area contributed by atoms with Crippen LogP contribution in [0, 0.1) is 0 Å². The van der Waals surface area contributed by atoms with E-state index in [1.54, 1.807) is 0 Å². The monoisotopic (exact) mass is 276 g/mol. The normalized spacial score (nSPS) is 21.6. The molecule has 2 heterocycles. The molecule has 5 heteroatoms. The van der Waals surface area contributed by atoms with Crippen molar-refractivity contribution in [1.82, 2.24) is 0 Å². The van der Waals surface area contributed by atoms with Crippen molar-refractivity contribution in [2.75, 3.05) is 36.6 Å². The average molecular weight is 276 g/mol. The first-order valence-electron chi connectivity index (χ1n) is 7.19. The second kappa shape index (κ2) is 5.71. The number of amides is 1. The van der Waals surface area contributed by atoms with Gasteiger partial charge in [0.25, 0.3) is 0 Å². The fourth-order valence-corrected chi connectivity index (χ4v) is 2.76. The van der Waals surface area contributed by atoms with Crippen molar-refractivity contribution in [1.29, 1.82) is 0 Å². The molecule has 2 aliphatic rings.